The van der Waals surface area contributed by atoms with Crippen LogP contribution in [-0.4, -0.2) is 103 Å². The maximum atomic E-state index is 13.9. The molecule has 2 spiro atoms. The van der Waals surface area contributed by atoms with E-state index in [1.807, 2.05) is 27.7 Å². The average molecular weight is 687 g/mol. The summed E-state index contributed by atoms with van der Waals surface area (Å²) in [4.78, 5) is 22.9. The third-order valence-electron chi connectivity index (χ3n) is 13.6. The number of carboxylic acids is 1. The Kier molecular flexibility index (Phi) is 11.7. The lowest BCUT2D eigenvalue weighted by Gasteiger charge is -2.60. The normalized spacial score (nSPS) is 47.6. The molecule has 9 nitrogen and oxygen atoms in total. The highest BCUT2D eigenvalue weighted by atomic mass is 32.3. The molecule has 4 unspecified atom stereocenters. The summed E-state index contributed by atoms with van der Waals surface area (Å²) in [6.45, 7) is 16.1. The van der Waals surface area contributed by atoms with Gasteiger partial charge in [0.2, 0.25) is 0 Å². The molecule has 3 heterocycles. The lowest BCUT2D eigenvalue weighted by molar-refractivity contribution is -0.263. The zero-order valence-corrected chi connectivity index (χ0v) is 31.4. The number of carbonyl (C=O) groups is 2. The zero-order valence-electron chi connectivity index (χ0n) is 30.5. The number of hydrogen-bond acceptors (Lipinski definition) is 8. The van der Waals surface area contributed by atoms with Gasteiger partial charge in [0.05, 0.1) is 29.7 Å². The van der Waals surface area contributed by atoms with Crippen LogP contribution in [0.3, 0.4) is 0 Å². The first-order chi connectivity index (χ1) is 21.8. The molecule has 5 N–H and O–H groups in total. The molecule has 10 heteroatoms. The van der Waals surface area contributed by atoms with Crippen molar-refractivity contribution in [2.45, 2.75) is 166 Å². The van der Waals surface area contributed by atoms with Crippen LogP contribution in [-0.2, 0) is 19.1 Å². The van der Waals surface area contributed by atoms with E-state index in [1.54, 1.807) is 0 Å². The molecule has 0 aromatic rings. The second-order valence-electron chi connectivity index (χ2n) is 16.7. The number of hydrogen-bond donors (Lipinski definition) is 5. The molecular formula is C37H66O9S. The van der Waals surface area contributed by atoms with Crippen LogP contribution >= 0.6 is 10.0 Å². The highest BCUT2D eigenvalue weighted by molar-refractivity contribution is 8.35. The lowest BCUT2D eigenvalue weighted by atomic mass is 9.51. The summed E-state index contributed by atoms with van der Waals surface area (Å²) in [5.41, 5.74) is -0.288. The van der Waals surface area contributed by atoms with Crippen LogP contribution in [0.4, 0.5) is 0 Å². The fourth-order valence-corrected chi connectivity index (χ4v) is 16.6. The second kappa shape index (κ2) is 14.1. The summed E-state index contributed by atoms with van der Waals surface area (Å²) in [6, 6.07) is 0. The number of aliphatic hydroxyl groups is 4. The predicted octanol–water partition coefficient (Wildman–Crippen LogP) is 5.28. The number of ketones is 1. The van der Waals surface area contributed by atoms with E-state index in [0.29, 0.717) is 24.2 Å². The molecule has 6 aliphatic rings. The van der Waals surface area contributed by atoms with Gasteiger partial charge >= 0.3 is 0 Å². The van der Waals surface area contributed by atoms with Gasteiger partial charge in [-0.3, -0.25) is 9.59 Å². The number of carbonyl (C=O) groups excluding carboxylic acids is 1. The Morgan fingerprint density at radius 3 is 2.28 bits per heavy atom. The van der Waals surface area contributed by atoms with E-state index in [9.17, 15) is 25.2 Å². The summed E-state index contributed by atoms with van der Waals surface area (Å²) in [6.07, 6.45) is 8.75. The van der Waals surface area contributed by atoms with Crippen molar-refractivity contribution >= 4 is 21.8 Å². The summed E-state index contributed by atoms with van der Waals surface area (Å²) >= 11 is 0. The fourth-order valence-electron chi connectivity index (χ4n) is 11.6. The van der Waals surface area contributed by atoms with Gasteiger partial charge in [-0.25, -0.2) is 10.0 Å². The largest absolute Gasteiger partial charge is 0.481 e. The van der Waals surface area contributed by atoms with Crippen molar-refractivity contribution in [3.63, 3.8) is 0 Å². The van der Waals surface area contributed by atoms with E-state index < -0.39 is 46.2 Å². The summed E-state index contributed by atoms with van der Waals surface area (Å²) in [5.74, 6) is 1.89. The van der Waals surface area contributed by atoms with Gasteiger partial charge in [-0.05, 0) is 105 Å². The van der Waals surface area contributed by atoms with Crippen molar-refractivity contribution in [1.82, 2.24) is 0 Å². The maximum Gasteiger partial charge on any atom is 0.300 e. The molecule has 3 saturated carbocycles. The minimum absolute atomic E-state index is 0.0361. The van der Waals surface area contributed by atoms with Gasteiger partial charge in [0.25, 0.3) is 5.97 Å². The van der Waals surface area contributed by atoms with Gasteiger partial charge in [-0.2, -0.15) is 0 Å². The minimum Gasteiger partial charge on any atom is -0.481 e. The zero-order chi connectivity index (χ0) is 35.3. The van der Waals surface area contributed by atoms with E-state index in [4.69, 9.17) is 19.4 Å². The van der Waals surface area contributed by atoms with Gasteiger partial charge in [-0.1, -0.05) is 47.5 Å². The number of ether oxygens (including phenoxy) is 2. The minimum atomic E-state index is -1.26. The van der Waals surface area contributed by atoms with Gasteiger partial charge in [0, 0.05) is 18.6 Å². The molecule has 13 atom stereocenters. The lowest BCUT2D eigenvalue weighted by Crippen LogP contribution is -2.56. The van der Waals surface area contributed by atoms with Crippen LogP contribution < -0.4 is 0 Å². The Balaban J connectivity index is 0.000000776. The Morgan fingerprint density at radius 1 is 1.04 bits per heavy atom. The van der Waals surface area contributed by atoms with E-state index in [-0.39, 0.29) is 45.2 Å². The molecular weight excluding hydrogens is 620 g/mol. The first-order valence-corrected chi connectivity index (χ1v) is 20.7. The topological polar surface area (TPSA) is 154 Å². The Labute approximate surface area is 284 Å². The smallest absolute Gasteiger partial charge is 0.300 e. The number of rotatable bonds is 7. The number of Topliss-reactive ketones (excluding diaryl/α,β-unsaturated/α-hetero) is 1. The number of fused-ring (bicyclic) bond motifs is 2. The molecule has 0 bridgehead atoms. The molecule has 3 aliphatic heterocycles. The van der Waals surface area contributed by atoms with Crippen LogP contribution in [0.25, 0.3) is 0 Å². The Bertz CT molecular complexity index is 1120. The number of aliphatic hydroxyl groups excluding tert-OH is 3. The maximum absolute atomic E-state index is 13.9. The molecule has 0 radical (unpaired) electrons. The Morgan fingerprint density at radius 2 is 1.68 bits per heavy atom. The average Bonchev–Trinajstić information content (AvgIpc) is 3.44. The van der Waals surface area contributed by atoms with Crippen LogP contribution in [0.5, 0.6) is 0 Å². The van der Waals surface area contributed by atoms with Crippen LogP contribution in [0.1, 0.15) is 120 Å². The highest BCUT2D eigenvalue weighted by Gasteiger charge is 2.85. The van der Waals surface area contributed by atoms with E-state index >= 15 is 0 Å². The van der Waals surface area contributed by atoms with Crippen LogP contribution in [0.15, 0.2) is 0 Å². The molecule has 6 rings (SSSR count). The molecule has 0 amide bonds. The van der Waals surface area contributed by atoms with Crippen LogP contribution in [0, 0.1) is 34.0 Å². The Hall–Kier alpha value is -0.750. The quantitative estimate of drug-likeness (QED) is 0.178. The van der Waals surface area contributed by atoms with Crippen molar-refractivity contribution in [3.8, 4) is 0 Å². The van der Waals surface area contributed by atoms with Crippen LogP contribution in [0.2, 0.25) is 0 Å². The fraction of sp³-hybridized carbons (Fsp3) is 0.946. The SMILES string of the molecule is CC.CC(=O)O.C[C@@H]1C23CC[C@H](O[C@H]4C[C@@H](O)[C@H](O)CO4)C(C)(C)C2CC[C@H]2C4C(=O)[C@@H](O)[C@H](CCCCC(C)(C)O)S4(C)CC[C@]123. The third-order valence-corrected chi connectivity index (χ3v) is 18.3. The summed E-state index contributed by atoms with van der Waals surface area (Å²) in [5, 5.41) is 49.1. The first kappa shape index (κ1) is 39.0. The standard InChI is InChI=1S/C33H56O7S.C2H4O2.C2H6/c1-19-32-15-16-41(6)23(9-7-8-13-30(2,3)38)27(36)28(37)29(41)20(32)10-11-24-31(4,5)25(12-14-33(19,24)32)40-26-17-21(34)22(35)18-39-26;1-2(3)4;1-2/h19-27,29,34-36,38H,7-18H2,1-6H3;1H3,(H,3,4);1-2H3/t19-,20-,21+,22+,23-,24?,25-,26-,27-,29?,32-,33?;;/m0../s1. The molecule has 274 valence electrons. The third kappa shape index (κ3) is 6.60. The van der Waals surface area contributed by atoms with E-state index in [2.05, 4.69) is 27.0 Å². The van der Waals surface area contributed by atoms with Crippen molar-refractivity contribution in [2.24, 2.45) is 34.0 Å². The molecule has 47 heavy (non-hydrogen) atoms. The number of unbranched alkanes of at least 4 members (excludes halogenated alkanes) is 1. The van der Waals surface area contributed by atoms with Gasteiger partial charge < -0.3 is 35.0 Å². The van der Waals surface area contributed by atoms with Gasteiger partial charge in [0.1, 0.15) is 12.2 Å². The summed E-state index contributed by atoms with van der Waals surface area (Å²) < 4.78 is 12.3. The van der Waals surface area contributed by atoms with Gasteiger partial charge in [0.15, 0.2) is 12.1 Å². The number of aliphatic carboxylic acids is 1. The predicted molar refractivity (Wildman–Crippen MR) is 186 cm³/mol. The van der Waals surface area contributed by atoms with E-state index in [0.717, 1.165) is 64.0 Å². The van der Waals surface area contributed by atoms with Gasteiger partial charge in [-0.15, -0.1) is 0 Å². The molecule has 3 aliphatic carbocycles. The van der Waals surface area contributed by atoms with Crippen molar-refractivity contribution in [3.05, 3.63) is 0 Å². The van der Waals surface area contributed by atoms with Crippen molar-refractivity contribution in [1.29, 1.82) is 0 Å². The summed E-state index contributed by atoms with van der Waals surface area (Å²) in [7, 11) is -1.26. The molecule has 0 aromatic carbocycles. The van der Waals surface area contributed by atoms with Crippen molar-refractivity contribution in [2.75, 3.05) is 18.6 Å². The molecule has 3 saturated heterocycles. The molecule has 6 fully saturated rings. The second-order valence-corrected chi connectivity index (χ2v) is 20.7. The van der Waals surface area contributed by atoms with Crippen molar-refractivity contribution < 1.29 is 44.6 Å². The first-order valence-electron chi connectivity index (χ1n) is 18.3. The molecule has 0 aromatic heterocycles. The number of carboxylic acid groups (broad SMARTS) is 1. The van der Waals surface area contributed by atoms with E-state index in [1.165, 1.54) is 6.42 Å². The highest BCUT2D eigenvalue weighted by Crippen LogP contribution is 2.90. The monoisotopic (exact) mass is 686 g/mol.